The number of guanidine groups is 1. The molecule has 2 unspecified atom stereocenters. The Morgan fingerprint density at radius 2 is 2.04 bits per heavy atom. The van der Waals surface area contributed by atoms with E-state index in [1.807, 2.05) is 11.3 Å². The molecule has 5 nitrogen and oxygen atoms in total. The van der Waals surface area contributed by atoms with Crippen LogP contribution in [0.1, 0.15) is 43.5 Å². The molecule has 2 atom stereocenters. The zero-order valence-electron chi connectivity index (χ0n) is 17.0. The molecule has 0 radical (unpaired) electrons. The number of nitrogens with zero attached hydrogens (tertiary/aromatic N) is 3. The first-order valence-electron chi connectivity index (χ1n) is 10.1. The van der Waals surface area contributed by atoms with Crippen LogP contribution in [0.25, 0.3) is 0 Å². The summed E-state index contributed by atoms with van der Waals surface area (Å²) in [7, 11) is 4.36. The average Bonchev–Trinajstić information content (AvgIpc) is 3.10. The van der Waals surface area contributed by atoms with Gasteiger partial charge < -0.3 is 15.5 Å². The normalized spacial score (nSPS) is 20.4. The summed E-state index contributed by atoms with van der Waals surface area (Å²) in [5, 5.41) is 9.25. The Morgan fingerprint density at radius 3 is 2.59 bits per heavy atom. The maximum absolute atomic E-state index is 4.91. The maximum atomic E-state index is 4.91. The van der Waals surface area contributed by atoms with Gasteiger partial charge in [0.2, 0.25) is 0 Å². The van der Waals surface area contributed by atoms with E-state index in [-0.39, 0.29) is 24.0 Å². The number of hydrogen-bond donors (Lipinski definition) is 2. The van der Waals surface area contributed by atoms with Gasteiger partial charge in [-0.2, -0.15) is 0 Å². The van der Waals surface area contributed by atoms with Crippen molar-refractivity contribution in [3.8, 4) is 0 Å². The molecule has 1 aliphatic carbocycles. The third-order valence-corrected chi connectivity index (χ3v) is 6.50. The Labute approximate surface area is 186 Å². The van der Waals surface area contributed by atoms with Crippen molar-refractivity contribution >= 4 is 41.3 Å². The predicted octanol–water partition coefficient (Wildman–Crippen LogP) is 3.40. The van der Waals surface area contributed by atoms with Crippen LogP contribution in [0.3, 0.4) is 0 Å². The van der Waals surface area contributed by atoms with Crippen LogP contribution in [0.2, 0.25) is 0 Å². The Morgan fingerprint density at radius 1 is 1.30 bits per heavy atom. The van der Waals surface area contributed by atoms with Crippen LogP contribution in [0.5, 0.6) is 0 Å². The molecule has 2 aliphatic rings. The zero-order chi connectivity index (χ0) is 18.4. The van der Waals surface area contributed by atoms with Crippen molar-refractivity contribution in [2.75, 3.05) is 46.8 Å². The lowest BCUT2D eigenvalue weighted by Crippen LogP contribution is -2.43. The first kappa shape index (κ1) is 22.9. The lowest BCUT2D eigenvalue weighted by Gasteiger charge is -2.28. The van der Waals surface area contributed by atoms with Crippen molar-refractivity contribution in [3.63, 3.8) is 0 Å². The molecule has 0 bridgehead atoms. The summed E-state index contributed by atoms with van der Waals surface area (Å²) in [6.45, 7) is 7.25. The molecule has 27 heavy (non-hydrogen) atoms. The summed E-state index contributed by atoms with van der Waals surface area (Å²) < 4.78 is 0. The van der Waals surface area contributed by atoms with Crippen molar-refractivity contribution in [2.24, 2.45) is 10.9 Å². The van der Waals surface area contributed by atoms with E-state index in [0.29, 0.717) is 12.1 Å². The molecule has 2 heterocycles. The second-order valence-corrected chi connectivity index (χ2v) is 8.72. The highest BCUT2D eigenvalue weighted by molar-refractivity contribution is 14.0. The van der Waals surface area contributed by atoms with Gasteiger partial charge >= 0.3 is 0 Å². The van der Waals surface area contributed by atoms with Crippen molar-refractivity contribution in [1.82, 2.24) is 20.4 Å². The van der Waals surface area contributed by atoms with Crippen LogP contribution in [0.4, 0.5) is 0 Å². The average molecular weight is 506 g/mol. The molecule has 154 valence electrons. The third-order valence-electron chi connectivity index (χ3n) is 5.53. The molecule has 2 fully saturated rings. The summed E-state index contributed by atoms with van der Waals surface area (Å²) in [4.78, 5) is 11.3. The first-order chi connectivity index (χ1) is 12.7. The van der Waals surface area contributed by atoms with Gasteiger partial charge in [0.05, 0.1) is 12.6 Å². The molecular weight excluding hydrogens is 469 g/mol. The van der Waals surface area contributed by atoms with E-state index >= 15 is 0 Å². The van der Waals surface area contributed by atoms with E-state index in [9.17, 15) is 0 Å². The quantitative estimate of drug-likeness (QED) is 0.307. The minimum Gasteiger partial charge on any atom is -0.357 e. The van der Waals surface area contributed by atoms with Crippen LogP contribution in [0.15, 0.2) is 22.5 Å². The SMILES string of the molecule is CCNC(=NCC(C1CC1)N(C)C)NCC(c1cccs1)N1CCCC1.I. The van der Waals surface area contributed by atoms with Gasteiger partial charge in [-0.1, -0.05) is 6.07 Å². The standard InChI is InChI=1S/C20H35N5S.HI/c1-4-21-20(22-14-17(24(2)3)16-9-10-16)23-15-18(19-8-7-13-26-19)25-11-5-6-12-25;/h7-8,13,16-18H,4-6,9-12,14-15H2,1-3H3,(H2,21,22,23);1H. The van der Waals surface area contributed by atoms with E-state index in [2.05, 4.69) is 59.0 Å². The fourth-order valence-corrected chi connectivity index (χ4v) is 4.74. The molecule has 0 spiro atoms. The molecule has 0 amide bonds. The van der Waals surface area contributed by atoms with Crippen LogP contribution >= 0.6 is 35.3 Å². The zero-order valence-corrected chi connectivity index (χ0v) is 20.1. The highest BCUT2D eigenvalue weighted by atomic mass is 127. The van der Waals surface area contributed by atoms with Crippen molar-refractivity contribution in [2.45, 2.75) is 44.7 Å². The first-order valence-corrected chi connectivity index (χ1v) is 11.0. The minimum absolute atomic E-state index is 0. The molecule has 0 aromatic carbocycles. The maximum Gasteiger partial charge on any atom is 0.191 e. The molecule has 1 saturated heterocycles. The number of aliphatic imine (C=N–C) groups is 1. The van der Waals surface area contributed by atoms with E-state index in [0.717, 1.165) is 31.5 Å². The predicted molar refractivity (Wildman–Crippen MR) is 127 cm³/mol. The molecular formula is C20H36IN5S. The number of nitrogens with one attached hydrogen (secondary N) is 2. The Kier molecular flexibility index (Phi) is 9.82. The molecule has 3 rings (SSSR count). The third kappa shape index (κ3) is 6.87. The molecule has 7 heteroatoms. The van der Waals surface area contributed by atoms with Crippen LogP contribution < -0.4 is 10.6 Å². The van der Waals surface area contributed by atoms with E-state index < -0.39 is 0 Å². The topological polar surface area (TPSA) is 42.9 Å². The van der Waals surface area contributed by atoms with Gasteiger partial charge in [-0.15, -0.1) is 35.3 Å². The number of halogens is 1. The molecule has 1 saturated carbocycles. The van der Waals surface area contributed by atoms with E-state index in [4.69, 9.17) is 4.99 Å². The summed E-state index contributed by atoms with van der Waals surface area (Å²) in [6, 6.07) is 5.46. The minimum atomic E-state index is 0. The summed E-state index contributed by atoms with van der Waals surface area (Å²) in [5.41, 5.74) is 0. The van der Waals surface area contributed by atoms with E-state index in [1.165, 1.54) is 43.6 Å². The van der Waals surface area contributed by atoms with Gasteiger partial charge in [-0.3, -0.25) is 9.89 Å². The fraction of sp³-hybridized carbons (Fsp3) is 0.750. The molecule has 1 aromatic heterocycles. The lowest BCUT2D eigenvalue weighted by atomic mass is 10.2. The molecule has 2 N–H and O–H groups in total. The smallest absolute Gasteiger partial charge is 0.191 e. The number of thiophene rings is 1. The molecule has 1 aliphatic heterocycles. The van der Waals surface area contributed by atoms with Gasteiger partial charge in [0.25, 0.3) is 0 Å². The number of hydrogen-bond acceptors (Lipinski definition) is 4. The van der Waals surface area contributed by atoms with Gasteiger partial charge in [-0.05, 0) is 77.2 Å². The Bertz CT molecular complexity index is 551. The highest BCUT2D eigenvalue weighted by Crippen LogP contribution is 2.34. The second-order valence-electron chi connectivity index (χ2n) is 7.74. The Hall–Kier alpha value is -0.380. The van der Waals surface area contributed by atoms with Crippen LogP contribution in [0, 0.1) is 5.92 Å². The second kappa shape index (κ2) is 11.6. The van der Waals surface area contributed by atoms with Gasteiger partial charge in [0, 0.05) is 24.0 Å². The van der Waals surface area contributed by atoms with Crippen molar-refractivity contribution in [1.29, 1.82) is 0 Å². The summed E-state index contributed by atoms with van der Waals surface area (Å²) in [6.07, 6.45) is 5.36. The van der Waals surface area contributed by atoms with Crippen LogP contribution in [-0.4, -0.2) is 68.6 Å². The van der Waals surface area contributed by atoms with Gasteiger partial charge in [0.15, 0.2) is 5.96 Å². The number of rotatable bonds is 9. The van der Waals surface area contributed by atoms with Gasteiger partial charge in [-0.25, -0.2) is 0 Å². The van der Waals surface area contributed by atoms with Crippen LogP contribution in [-0.2, 0) is 0 Å². The van der Waals surface area contributed by atoms with E-state index in [1.54, 1.807) is 0 Å². The summed E-state index contributed by atoms with van der Waals surface area (Å²) >= 11 is 1.87. The highest BCUT2D eigenvalue weighted by Gasteiger charge is 2.32. The largest absolute Gasteiger partial charge is 0.357 e. The van der Waals surface area contributed by atoms with Gasteiger partial charge in [0.1, 0.15) is 0 Å². The Balaban J connectivity index is 0.00000261. The van der Waals surface area contributed by atoms with Crippen molar-refractivity contribution in [3.05, 3.63) is 22.4 Å². The number of likely N-dealkylation sites (tertiary alicyclic amines) is 1. The monoisotopic (exact) mass is 505 g/mol. The fourth-order valence-electron chi connectivity index (χ4n) is 3.88. The lowest BCUT2D eigenvalue weighted by molar-refractivity contribution is 0.248. The van der Waals surface area contributed by atoms with Crippen molar-refractivity contribution < 1.29 is 0 Å². The number of likely N-dealkylation sites (N-methyl/N-ethyl adjacent to an activating group) is 1. The summed E-state index contributed by atoms with van der Waals surface area (Å²) in [5.74, 6) is 1.79. The molecule has 1 aromatic rings.